The van der Waals surface area contributed by atoms with Crippen molar-refractivity contribution in [2.24, 2.45) is 0 Å². The number of benzene rings is 2. The molecule has 2 aromatic carbocycles. The second-order valence-electron chi connectivity index (χ2n) is 4.38. The molecule has 0 aliphatic heterocycles. The maximum Gasteiger partial charge on any atom is 0.120 e. The second kappa shape index (κ2) is 6.90. The zero-order valence-corrected chi connectivity index (χ0v) is 13.5. The molecule has 106 valence electrons. The quantitative estimate of drug-likeness (QED) is 0.836. The molecule has 0 heterocycles. The summed E-state index contributed by atoms with van der Waals surface area (Å²) in [4.78, 5) is 0.817. The van der Waals surface area contributed by atoms with Crippen LogP contribution in [0.25, 0.3) is 0 Å². The van der Waals surface area contributed by atoms with E-state index in [2.05, 4.69) is 15.9 Å². The van der Waals surface area contributed by atoms with E-state index in [1.54, 1.807) is 6.07 Å². The van der Waals surface area contributed by atoms with Crippen molar-refractivity contribution in [1.82, 2.24) is 0 Å². The minimum absolute atomic E-state index is 0.410. The Morgan fingerprint density at radius 3 is 2.75 bits per heavy atom. The minimum Gasteiger partial charge on any atom is -0.493 e. The Labute approximate surface area is 129 Å². The number of aryl methyl sites for hydroxylation is 1. The molecule has 0 spiro atoms. The van der Waals surface area contributed by atoms with E-state index in [4.69, 9.17) is 10.5 Å². The van der Waals surface area contributed by atoms with Crippen molar-refractivity contribution in [3.8, 4) is 5.75 Å². The lowest BCUT2D eigenvalue weighted by molar-refractivity contribution is 0.342. The number of anilines is 1. The molecule has 1 atom stereocenters. The highest BCUT2D eigenvalue weighted by molar-refractivity contribution is 9.10. The first-order valence-electron chi connectivity index (χ1n) is 6.19. The van der Waals surface area contributed by atoms with Crippen LogP contribution >= 0.6 is 15.9 Å². The lowest BCUT2D eigenvalue weighted by Gasteiger charge is -2.08. The molecule has 20 heavy (non-hydrogen) atoms. The third kappa shape index (κ3) is 4.08. The highest BCUT2D eigenvalue weighted by Gasteiger charge is 2.08. The Hall–Kier alpha value is -1.33. The normalized spacial score (nSPS) is 12.1. The van der Waals surface area contributed by atoms with Gasteiger partial charge in [-0.25, -0.2) is 0 Å². The Balaban J connectivity index is 1.92. The molecule has 0 saturated carbocycles. The van der Waals surface area contributed by atoms with Gasteiger partial charge in [0.15, 0.2) is 0 Å². The fourth-order valence-electron chi connectivity index (χ4n) is 1.83. The first-order valence-corrected chi connectivity index (χ1v) is 8.30. The molecule has 5 heteroatoms. The van der Waals surface area contributed by atoms with Crippen LogP contribution < -0.4 is 10.5 Å². The molecule has 3 nitrogen and oxygen atoms in total. The zero-order valence-electron chi connectivity index (χ0n) is 11.1. The van der Waals surface area contributed by atoms with Crippen molar-refractivity contribution >= 4 is 32.4 Å². The molecular formula is C15H16BrNO2S. The summed E-state index contributed by atoms with van der Waals surface area (Å²) >= 11 is 3.38. The van der Waals surface area contributed by atoms with Gasteiger partial charge in [0.1, 0.15) is 12.4 Å². The number of hydrogen-bond donors (Lipinski definition) is 1. The minimum atomic E-state index is -1.07. The summed E-state index contributed by atoms with van der Waals surface area (Å²) in [6.07, 6.45) is 0. The van der Waals surface area contributed by atoms with Gasteiger partial charge in [0.2, 0.25) is 0 Å². The molecule has 0 radical (unpaired) electrons. The largest absolute Gasteiger partial charge is 0.493 e. The van der Waals surface area contributed by atoms with Gasteiger partial charge in [-0.3, -0.25) is 4.21 Å². The number of nitrogens with two attached hydrogens (primary N) is 1. The van der Waals surface area contributed by atoms with Crippen LogP contribution in [0.4, 0.5) is 5.69 Å². The molecule has 2 N–H and O–H groups in total. The van der Waals surface area contributed by atoms with E-state index in [-0.39, 0.29) is 0 Å². The van der Waals surface area contributed by atoms with Gasteiger partial charge in [0, 0.05) is 15.1 Å². The number of halogens is 1. The van der Waals surface area contributed by atoms with Crippen LogP contribution in [0.3, 0.4) is 0 Å². The van der Waals surface area contributed by atoms with Crippen molar-refractivity contribution in [3.05, 3.63) is 52.5 Å². The van der Waals surface area contributed by atoms with Gasteiger partial charge in [0.25, 0.3) is 0 Å². The van der Waals surface area contributed by atoms with Crippen molar-refractivity contribution in [2.75, 3.05) is 18.1 Å². The molecular weight excluding hydrogens is 338 g/mol. The van der Waals surface area contributed by atoms with E-state index in [0.717, 1.165) is 20.7 Å². The van der Waals surface area contributed by atoms with E-state index >= 15 is 0 Å². The van der Waals surface area contributed by atoms with E-state index < -0.39 is 10.8 Å². The van der Waals surface area contributed by atoms with Crippen LogP contribution in [0, 0.1) is 6.92 Å². The summed E-state index contributed by atoms with van der Waals surface area (Å²) < 4.78 is 18.8. The smallest absolute Gasteiger partial charge is 0.120 e. The summed E-state index contributed by atoms with van der Waals surface area (Å²) in [5.74, 6) is 1.22. The molecule has 1 unspecified atom stereocenters. The number of ether oxygens (including phenoxy) is 1. The fourth-order valence-corrected chi connectivity index (χ4v) is 3.30. The Bertz CT molecular complexity index is 631. The average molecular weight is 354 g/mol. The first kappa shape index (κ1) is 15.1. The predicted molar refractivity (Wildman–Crippen MR) is 86.5 cm³/mol. The highest BCUT2D eigenvalue weighted by Crippen LogP contribution is 2.19. The standard InChI is InChI=1S/C15H16BrNO2S/c1-11-9-13(17)5-6-15(11)20(18)8-7-19-14-4-2-3-12(16)10-14/h2-6,9-10H,7-8,17H2,1H3. The summed E-state index contributed by atoms with van der Waals surface area (Å²) in [6.45, 7) is 2.33. The molecule has 0 fully saturated rings. The van der Waals surface area contributed by atoms with Crippen LogP contribution in [-0.2, 0) is 10.8 Å². The third-order valence-corrected chi connectivity index (χ3v) is 4.76. The van der Waals surface area contributed by atoms with Crippen molar-refractivity contribution in [2.45, 2.75) is 11.8 Å². The SMILES string of the molecule is Cc1cc(N)ccc1S(=O)CCOc1cccc(Br)c1. The lowest BCUT2D eigenvalue weighted by Crippen LogP contribution is -2.09. The maximum atomic E-state index is 12.2. The number of nitrogen functional groups attached to an aromatic ring is 1. The zero-order chi connectivity index (χ0) is 14.5. The van der Waals surface area contributed by atoms with Gasteiger partial charge >= 0.3 is 0 Å². The summed E-state index contributed by atoms with van der Waals surface area (Å²) in [6, 6.07) is 13.0. The van der Waals surface area contributed by atoms with E-state index in [0.29, 0.717) is 18.0 Å². The fraction of sp³-hybridized carbons (Fsp3) is 0.200. The van der Waals surface area contributed by atoms with Crippen molar-refractivity contribution < 1.29 is 8.95 Å². The van der Waals surface area contributed by atoms with Crippen LogP contribution in [-0.4, -0.2) is 16.6 Å². The Kier molecular flexibility index (Phi) is 5.20. The summed E-state index contributed by atoms with van der Waals surface area (Å²) in [5, 5.41) is 0. The van der Waals surface area contributed by atoms with Gasteiger partial charge in [-0.1, -0.05) is 22.0 Å². The molecule has 0 aromatic heterocycles. The summed E-state index contributed by atoms with van der Waals surface area (Å²) in [5.41, 5.74) is 7.33. The Morgan fingerprint density at radius 1 is 1.25 bits per heavy atom. The van der Waals surface area contributed by atoms with Crippen LogP contribution in [0.2, 0.25) is 0 Å². The van der Waals surface area contributed by atoms with Crippen LogP contribution in [0.1, 0.15) is 5.56 Å². The predicted octanol–water partition coefficient (Wildman–Crippen LogP) is 3.53. The van der Waals surface area contributed by atoms with Gasteiger partial charge in [0.05, 0.1) is 16.6 Å². The maximum absolute atomic E-state index is 12.2. The van der Waals surface area contributed by atoms with E-state index in [9.17, 15) is 4.21 Å². The molecule has 0 aliphatic carbocycles. The van der Waals surface area contributed by atoms with Gasteiger partial charge in [-0.05, 0) is 48.9 Å². The molecule has 0 aliphatic rings. The van der Waals surface area contributed by atoms with E-state index in [1.165, 1.54) is 0 Å². The van der Waals surface area contributed by atoms with Crippen molar-refractivity contribution in [1.29, 1.82) is 0 Å². The Morgan fingerprint density at radius 2 is 2.05 bits per heavy atom. The molecule has 0 saturated heterocycles. The molecule has 2 rings (SSSR count). The van der Waals surface area contributed by atoms with Gasteiger partial charge in [-0.2, -0.15) is 0 Å². The molecule has 2 aromatic rings. The lowest BCUT2D eigenvalue weighted by atomic mass is 10.2. The first-order chi connectivity index (χ1) is 9.56. The van der Waals surface area contributed by atoms with Crippen molar-refractivity contribution in [3.63, 3.8) is 0 Å². The monoisotopic (exact) mass is 353 g/mol. The van der Waals surface area contributed by atoms with E-state index in [1.807, 2.05) is 43.3 Å². The van der Waals surface area contributed by atoms with Gasteiger partial charge in [-0.15, -0.1) is 0 Å². The number of hydrogen-bond acceptors (Lipinski definition) is 3. The molecule has 0 amide bonds. The van der Waals surface area contributed by atoms with Crippen LogP contribution in [0.15, 0.2) is 51.8 Å². The third-order valence-electron chi connectivity index (χ3n) is 2.78. The molecule has 0 bridgehead atoms. The second-order valence-corrected chi connectivity index (χ2v) is 6.84. The highest BCUT2D eigenvalue weighted by atomic mass is 79.9. The van der Waals surface area contributed by atoms with Crippen LogP contribution in [0.5, 0.6) is 5.75 Å². The summed E-state index contributed by atoms with van der Waals surface area (Å²) in [7, 11) is -1.07. The average Bonchev–Trinajstić information content (AvgIpc) is 2.38. The topological polar surface area (TPSA) is 52.3 Å². The number of rotatable bonds is 5. The van der Waals surface area contributed by atoms with Gasteiger partial charge < -0.3 is 10.5 Å².